The molecule has 2 heterocycles. The van der Waals surface area contributed by atoms with E-state index in [-0.39, 0.29) is 23.6 Å². The van der Waals surface area contributed by atoms with Gasteiger partial charge in [0.2, 0.25) is 11.8 Å². The van der Waals surface area contributed by atoms with E-state index in [1.807, 2.05) is 30.3 Å². The van der Waals surface area contributed by atoms with E-state index in [1.165, 1.54) is 0 Å². The van der Waals surface area contributed by atoms with Gasteiger partial charge >= 0.3 is 6.03 Å². The number of likely N-dealkylation sites (tertiary alicyclic amines) is 1. The van der Waals surface area contributed by atoms with Crippen molar-refractivity contribution in [3.63, 3.8) is 0 Å². The van der Waals surface area contributed by atoms with E-state index in [1.54, 1.807) is 17.1 Å². The number of nitrogens with one attached hydrogen (secondary N) is 2. The summed E-state index contributed by atoms with van der Waals surface area (Å²) in [6.07, 6.45) is 8.36. The lowest BCUT2D eigenvalue weighted by Gasteiger charge is -2.32. The van der Waals surface area contributed by atoms with Crippen molar-refractivity contribution >= 4 is 29.8 Å². The van der Waals surface area contributed by atoms with E-state index in [0.717, 1.165) is 29.8 Å². The highest BCUT2D eigenvalue weighted by atomic mass is 16.2. The van der Waals surface area contributed by atoms with Crippen LogP contribution in [0.4, 0.5) is 4.79 Å². The summed E-state index contributed by atoms with van der Waals surface area (Å²) < 4.78 is 0. The van der Waals surface area contributed by atoms with Crippen LogP contribution in [0.15, 0.2) is 36.4 Å². The molecule has 3 fully saturated rings. The van der Waals surface area contributed by atoms with Crippen molar-refractivity contribution in [1.82, 2.24) is 20.7 Å². The number of amides is 5. The Morgan fingerprint density at radius 3 is 2.39 bits per heavy atom. The van der Waals surface area contributed by atoms with Gasteiger partial charge in [-0.3, -0.25) is 19.8 Å². The number of rotatable bonds is 4. The highest BCUT2D eigenvalue weighted by Gasteiger charge is 2.52. The van der Waals surface area contributed by atoms with Gasteiger partial charge in [0.25, 0.3) is 5.91 Å². The first-order valence-corrected chi connectivity index (χ1v) is 11.0. The number of piperidine rings is 1. The fourth-order valence-electron chi connectivity index (χ4n) is 4.62. The topological polar surface area (TPSA) is 98.8 Å². The fourth-order valence-corrected chi connectivity index (χ4v) is 4.62. The minimum absolute atomic E-state index is 0.0870. The number of urea groups is 1. The standard InChI is InChI=1S/C23H28N4O4/c28-19(10-9-17-7-3-1-4-8-17)26-15-11-18(12-16-26)20(29)25-27-21(30)23(24-22(27)31)13-5-2-6-14-23/h1,3-4,7-10,18H,2,5-6,11-16H2,(H,24,31)(H,25,29)/b10-9+. The molecular formula is C23H28N4O4. The molecule has 164 valence electrons. The Kier molecular flexibility index (Phi) is 6.06. The predicted octanol–water partition coefficient (Wildman–Crippen LogP) is 2.22. The Balaban J connectivity index is 1.28. The van der Waals surface area contributed by atoms with Gasteiger partial charge in [0, 0.05) is 25.1 Å². The van der Waals surface area contributed by atoms with E-state index in [4.69, 9.17) is 0 Å². The smallest absolute Gasteiger partial charge is 0.339 e. The molecule has 2 N–H and O–H groups in total. The summed E-state index contributed by atoms with van der Waals surface area (Å²) in [5, 5.41) is 3.64. The van der Waals surface area contributed by atoms with Crippen LogP contribution in [-0.2, 0) is 14.4 Å². The molecule has 1 saturated carbocycles. The maximum absolute atomic E-state index is 12.8. The van der Waals surface area contributed by atoms with Crippen molar-refractivity contribution in [2.24, 2.45) is 5.92 Å². The minimum Gasteiger partial charge on any atom is -0.339 e. The van der Waals surface area contributed by atoms with Crippen molar-refractivity contribution < 1.29 is 19.2 Å². The van der Waals surface area contributed by atoms with Crippen LogP contribution in [0.5, 0.6) is 0 Å². The molecular weight excluding hydrogens is 396 g/mol. The number of hydrogen-bond donors (Lipinski definition) is 2. The third kappa shape index (κ3) is 4.47. The Hall–Kier alpha value is -3.16. The third-order valence-electron chi connectivity index (χ3n) is 6.49. The molecule has 1 aliphatic carbocycles. The summed E-state index contributed by atoms with van der Waals surface area (Å²) in [4.78, 5) is 52.0. The van der Waals surface area contributed by atoms with Crippen LogP contribution in [-0.4, -0.2) is 52.3 Å². The van der Waals surface area contributed by atoms with E-state index >= 15 is 0 Å². The van der Waals surface area contributed by atoms with Gasteiger partial charge in [-0.25, -0.2) is 4.79 Å². The second-order valence-electron chi connectivity index (χ2n) is 8.53. The molecule has 2 saturated heterocycles. The lowest BCUT2D eigenvalue weighted by molar-refractivity contribution is -0.142. The summed E-state index contributed by atoms with van der Waals surface area (Å²) in [5.41, 5.74) is 2.62. The Bertz CT molecular complexity index is 884. The number of hydrazine groups is 1. The Morgan fingerprint density at radius 2 is 1.71 bits per heavy atom. The van der Waals surface area contributed by atoms with Gasteiger partial charge in [-0.2, -0.15) is 5.01 Å². The van der Waals surface area contributed by atoms with Crippen LogP contribution in [0, 0.1) is 5.92 Å². The van der Waals surface area contributed by atoms with Gasteiger partial charge in [-0.05, 0) is 37.3 Å². The second kappa shape index (κ2) is 8.91. The van der Waals surface area contributed by atoms with Crippen molar-refractivity contribution in [2.45, 2.75) is 50.5 Å². The number of nitrogens with zero attached hydrogens (tertiary/aromatic N) is 2. The van der Waals surface area contributed by atoms with Crippen LogP contribution in [0.1, 0.15) is 50.5 Å². The zero-order valence-electron chi connectivity index (χ0n) is 17.5. The van der Waals surface area contributed by atoms with Crippen LogP contribution in [0.25, 0.3) is 6.08 Å². The first-order valence-electron chi connectivity index (χ1n) is 11.0. The summed E-state index contributed by atoms with van der Waals surface area (Å²) in [6.45, 7) is 0.917. The number of carbonyl (C=O) groups is 4. The summed E-state index contributed by atoms with van der Waals surface area (Å²) >= 11 is 0. The van der Waals surface area contributed by atoms with Crippen molar-refractivity contribution in [3.05, 3.63) is 42.0 Å². The van der Waals surface area contributed by atoms with Gasteiger partial charge < -0.3 is 10.2 Å². The minimum atomic E-state index is -0.858. The van der Waals surface area contributed by atoms with Crippen LogP contribution < -0.4 is 10.7 Å². The lowest BCUT2D eigenvalue weighted by Crippen LogP contribution is -2.52. The molecule has 5 amide bonds. The summed E-state index contributed by atoms with van der Waals surface area (Å²) in [7, 11) is 0. The van der Waals surface area contributed by atoms with Gasteiger partial charge in [-0.1, -0.05) is 49.6 Å². The number of imide groups is 1. The SMILES string of the molecule is O=C(NN1C(=O)NC2(CCCCC2)C1=O)C1CCN(C(=O)/C=C/c2ccccc2)CC1. The molecule has 8 nitrogen and oxygen atoms in total. The first kappa shape index (κ1) is 21.1. The molecule has 3 aliphatic rings. The molecule has 31 heavy (non-hydrogen) atoms. The number of hydrogen-bond acceptors (Lipinski definition) is 4. The molecule has 8 heteroatoms. The number of benzene rings is 1. The lowest BCUT2D eigenvalue weighted by atomic mass is 9.82. The maximum Gasteiger partial charge on any atom is 0.344 e. The molecule has 0 bridgehead atoms. The number of carbonyl (C=O) groups excluding carboxylic acids is 4. The first-order chi connectivity index (χ1) is 15.0. The zero-order valence-corrected chi connectivity index (χ0v) is 17.5. The van der Waals surface area contributed by atoms with E-state index in [0.29, 0.717) is 38.8 Å². The normalized spacial score (nSPS) is 21.5. The van der Waals surface area contributed by atoms with Gasteiger partial charge in [0.15, 0.2) is 0 Å². The second-order valence-corrected chi connectivity index (χ2v) is 8.53. The highest BCUT2D eigenvalue weighted by Crippen LogP contribution is 2.33. The third-order valence-corrected chi connectivity index (χ3v) is 6.49. The van der Waals surface area contributed by atoms with E-state index in [9.17, 15) is 19.2 Å². The average Bonchev–Trinajstić information content (AvgIpc) is 3.02. The van der Waals surface area contributed by atoms with Crippen LogP contribution in [0.2, 0.25) is 0 Å². The monoisotopic (exact) mass is 424 g/mol. The zero-order chi connectivity index (χ0) is 21.8. The maximum atomic E-state index is 12.8. The molecule has 1 aromatic rings. The van der Waals surface area contributed by atoms with Gasteiger partial charge in [0.05, 0.1) is 0 Å². The molecule has 0 radical (unpaired) electrons. The summed E-state index contributed by atoms with van der Waals surface area (Å²) in [5.74, 6) is -1.13. The van der Waals surface area contributed by atoms with E-state index in [2.05, 4.69) is 10.7 Å². The summed E-state index contributed by atoms with van der Waals surface area (Å²) in [6, 6.07) is 9.04. The molecule has 0 unspecified atom stereocenters. The Labute approximate surface area is 181 Å². The van der Waals surface area contributed by atoms with Crippen LogP contribution >= 0.6 is 0 Å². The fraction of sp³-hybridized carbons (Fsp3) is 0.478. The van der Waals surface area contributed by atoms with E-state index < -0.39 is 11.6 Å². The molecule has 2 aliphatic heterocycles. The van der Waals surface area contributed by atoms with Gasteiger partial charge in [0.1, 0.15) is 5.54 Å². The molecule has 1 spiro atoms. The van der Waals surface area contributed by atoms with Crippen molar-refractivity contribution in [3.8, 4) is 0 Å². The molecule has 0 aromatic heterocycles. The molecule has 0 atom stereocenters. The molecule has 1 aromatic carbocycles. The van der Waals surface area contributed by atoms with Crippen molar-refractivity contribution in [1.29, 1.82) is 0 Å². The molecule has 4 rings (SSSR count). The predicted molar refractivity (Wildman–Crippen MR) is 114 cm³/mol. The van der Waals surface area contributed by atoms with Crippen molar-refractivity contribution in [2.75, 3.05) is 13.1 Å². The largest absolute Gasteiger partial charge is 0.344 e. The Morgan fingerprint density at radius 1 is 1.03 bits per heavy atom. The average molecular weight is 425 g/mol. The quantitative estimate of drug-likeness (QED) is 0.572. The van der Waals surface area contributed by atoms with Crippen LogP contribution in [0.3, 0.4) is 0 Å². The highest BCUT2D eigenvalue weighted by molar-refractivity contribution is 6.08. The van der Waals surface area contributed by atoms with Gasteiger partial charge in [-0.15, -0.1) is 0 Å².